The quantitative estimate of drug-likeness (QED) is 0.623. The van der Waals surface area contributed by atoms with Gasteiger partial charge in [-0.3, -0.25) is 9.69 Å². The SMILES string of the molecule is COc1ccc(S(=O)(=O)N2CCN([C@H](C(=O)O)c3c[nH]c4ccccc34)CC2)cc1. The molecule has 1 aliphatic rings. The van der Waals surface area contributed by atoms with E-state index < -0.39 is 22.0 Å². The fourth-order valence-electron chi connectivity index (χ4n) is 3.90. The number of carbonyl (C=O) groups is 1. The minimum atomic E-state index is -3.65. The van der Waals surface area contributed by atoms with Crippen molar-refractivity contribution in [3.05, 3.63) is 60.3 Å². The molecule has 0 unspecified atom stereocenters. The third-order valence-electron chi connectivity index (χ3n) is 5.49. The van der Waals surface area contributed by atoms with E-state index in [2.05, 4.69) is 4.98 Å². The summed E-state index contributed by atoms with van der Waals surface area (Å²) < 4.78 is 32.4. The number of fused-ring (bicyclic) bond motifs is 1. The molecule has 0 spiro atoms. The van der Waals surface area contributed by atoms with Crippen LogP contribution in [0.4, 0.5) is 0 Å². The summed E-state index contributed by atoms with van der Waals surface area (Å²) in [6.07, 6.45) is 1.73. The van der Waals surface area contributed by atoms with Gasteiger partial charge in [-0.15, -0.1) is 0 Å². The van der Waals surface area contributed by atoms with E-state index in [1.807, 2.05) is 29.2 Å². The summed E-state index contributed by atoms with van der Waals surface area (Å²) in [4.78, 5) is 17.2. The normalized spacial score (nSPS) is 17.1. The molecular formula is C21H23N3O5S. The maximum absolute atomic E-state index is 12.9. The van der Waals surface area contributed by atoms with Crippen molar-refractivity contribution in [2.45, 2.75) is 10.9 Å². The molecule has 30 heavy (non-hydrogen) atoms. The smallest absolute Gasteiger partial charge is 0.325 e. The van der Waals surface area contributed by atoms with Crippen LogP contribution in [0.2, 0.25) is 0 Å². The van der Waals surface area contributed by atoms with Gasteiger partial charge in [0.15, 0.2) is 0 Å². The number of aromatic amines is 1. The highest BCUT2D eigenvalue weighted by Crippen LogP contribution is 2.30. The number of aromatic nitrogens is 1. The number of ether oxygens (including phenoxy) is 1. The van der Waals surface area contributed by atoms with Gasteiger partial charge in [-0.25, -0.2) is 8.42 Å². The molecule has 0 bridgehead atoms. The van der Waals surface area contributed by atoms with Crippen molar-refractivity contribution in [1.82, 2.24) is 14.2 Å². The van der Waals surface area contributed by atoms with Gasteiger partial charge in [-0.05, 0) is 30.3 Å². The van der Waals surface area contributed by atoms with E-state index in [4.69, 9.17) is 4.74 Å². The molecule has 1 atom stereocenters. The predicted octanol–water partition coefficient (Wildman–Crippen LogP) is 2.31. The molecule has 2 N–H and O–H groups in total. The van der Waals surface area contributed by atoms with E-state index in [9.17, 15) is 18.3 Å². The molecule has 1 aliphatic heterocycles. The summed E-state index contributed by atoms with van der Waals surface area (Å²) in [5, 5.41) is 10.8. The average Bonchev–Trinajstić information content (AvgIpc) is 3.18. The van der Waals surface area contributed by atoms with Crippen LogP contribution in [0, 0.1) is 0 Å². The summed E-state index contributed by atoms with van der Waals surface area (Å²) in [5.41, 5.74) is 1.56. The first-order valence-corrected chi connectivity index (χ1v) is 11.0. The van der Waals surface area contributed by atoms with E-state index in [-0.39, 0.29) is 18.0 Å². The standard InChI is InChI=1S/C21H23N3O5S/c1-29-15-6-8-16(9-7-15)30(27,28)24-12-10-23(11-13-24)20(21(25)26)18-14-22-19-5-3-2-4-17(18)19/h2-9,14,20,22H,10-13H2,1H3,(H,25,26)/t20-/m0/s1. The molecule has 4 rings (SSSR count). The van der Waals surface area contributed by atoms with Crippen molar-refractivity contribution in [2.75, 3.05) is 33.3 Å². The lowest BCUT2D eigenvalue weighted by atomic mass is 10.0. The van der Waals surface area contributed by atoms with Crippen LogP contribution in [0.1, 0.15) is 11.6 Å². The molecule has 158 valence electrons. The second kappa shape index (κ2) is 8.10. The number of piperazine rings is 1. The highest BCUT2D eigenvalue weighted by atomic mass is 32.2. The highest BCUT2D eigenvalue weighted by Gasteiger charge is 2.35. The molecular weight excluding hydrogens is 406 g/mol. The van der Waals surface area contributed by atoms with Gasteiger partial charge in [0.2, 0.25) is 10.0 Å². The number of nitrogens with one attached hydrogen (secondary N) is 1. The Hall–Kier alpha value is -2.88. The second-order valence-electron chi connectivity index (χ2n) is 7.15. The molecule has 1 saturated heterocycles. The minimum absolute atomic E-state index is 0.197. The third-order valence-corrected chi connectivity index (χ3v) is 7.40. The van der Waals surface area contributed by atoms with Crippen molar-refractivity contribution in [2.24, 2.45) is 0 Å². The summed E-state index contributed by atoms with van der Waals surface area (Å²) in [5.74, 6) is -0.368. The predicted molar refractivity (Wildman–Crippen MR) is 112 cm³/mol. The molecule has 3 aromatic rings. The lowest BCUT2D eigenvalue weighted by molar-refractivity contribution is -0.144. The summed E-state index contributed by atoms with van der Waals surface area (Å²) in [6, 6.07) is 13.0. The van der Waals surface area contributed by atoms with E-state index in [0.29, 0.717) is 24.4 Å². The fraction of sp³-hybridized carbons (Fsp3) is 0.286. The zero-order chi connectivity index (χ0) is 21.3. The second-order valence-corrected chi connectivity index (χ2v) is 9.08. The molecule has 0 amide bonds. The number of H-pyrrole nitrogens is 1. The number of carboxylic acid groups (broad SMARTS) is 1. The molecule has 9 heteroatoms. The third kappa shape index (κ3) is 3.67. The summed E-state index contributed by atoms with van der Waals surface area (Å²) in [7, 11) is -2.12. The fourth-order valence-corrected chi connectivity index (χ4v) is 5.33. The van der Waals surface area contributed by atoms with Crippen LogP contribution in [0.3, 0.4) is 0 Å². The van der Waals surface area contributed by atoms with Gasteiger partial charge in [0, 0.05) is 48.8 Å². The Morgan fingerprint density at radius 1 is 1.07 bits per heavy atom. The molecule has 2 heterocycles. The number of methoxy groups -OCH3 is 1. The van der Waals surface area contributed by atoms with Gasteiger partial charge >= 0.3 is 5.97 Å². The molecule has 0 aliphatic carbocycles. The van der Waals surface area contributed by atoms with Crippen LogP contribution >= 0.6 is 0 Å². The van der Waals surface area contributed by atoms with Crippen molar-refractivity contribution < 1.29 is 23.1 Å². The van der Waals surface area contributed by atoms with E-state index >= 15 is 0 Å². The Labute approximate surface area is 174 Å². The minimum Gasteiger partial charge on any atom is -0.497 e. The molecule has 0 saturated carbocycles. The van der Waals surface area contributed by atoms with E-state index in [1.165, 1.54) is 23.5 Å². The van der Waals surface area contributed by atoms with Crippen LogP contribution in [0.15, 0.2) is 59.6 Å². The first kappa shape index (κ1) is 20.4. The largest absolute Gasteiger partial charge is 0.497 e. The topological polar surface area (TPSA) is 103 Å². The van der Waals surface area contributed by atoms with Gasteiger partial charge in [-0.1, -0.05) is 18.2 Å². The number of hydrogen-bond donors (Lipinski definition) is 2. The Morgan fingerprint density at radius 3 is 2.37 bits per heavy atom. The number of carboxylic acids is 1. The van der Waals surface area contributed by atoms with Crippen molar-refractivity contribution in [3.63, 3.8) is 0 Å². The number of benzene rings is 2. The van der Waals surface area contributed by atoms with Gasteiger partial charge in [0.05, 0.1) is 12.0 Å². The Kier molecular flexibility index (Phi) is 5.50. The van der Waals surface area contributed by atoms with Crippen LogP contribution in [0.25, 0.3) is 10.9 Å². The van der Waals surface area contributed by atoms with Crippen molar-refractivity contribution in [3.8, 4) is 5.75 Å². The lowest BCUT2D eigenvalue weighted by Crippen LogP contribution is -2.50. The summed E-state index contributed by atoms with van der Waals surface area (Å²) in [6.45, 7) is 1.10. The molecule has 1 fully saturated rings. The molecule has 1 aromatic heterocycles. The number of para-hydroxylation sites is 1. The van der Waals surface area contributed by atoms with E-state index in [0.717, 1.165) is 10.9 Å². The molecule has 0 radical (unpaired) electrons. The highest BCUT2D eigenvalue weighted by molar-refractivity contribution is 7.89. The lowest BCUT2D eigenvalue weighted by Gasteiger charge is -2.37. The number of rotatable bonds is 6. The van der Waals surface area contributed by atoms with Gasteiger partial charge in [-0.2, -0.15) is 4.31 Å². The van der Waals surface area contributed by atoms with Gasteiger partial charge in [0.1, 0.15) is 11.8 Å². The maximum Gasteiger partial charge on any atom is 0.325 e. The number of nitrogens with zero attached hydrogens (tertiary/aromatic N) is 2. The van der Waals surface area contributed by atoms with E-state index in [1.54, 1.807) is 18.3 Å². The zero-order valence-corrected chi connectivity index (χ0v) is 17.3. The first-order valence-electron chi connectivity index (χ1n) is 9.59. The van der Waals surface area contributed by atoms with Crippen LogP contribution in [0.5, 0.6) is 5.75 Å². The number of hydrogen-bond acceptors (Lipinski definition) is 5. The Bertz CT molecular complexity index is 1150. The number of aliphatic carboxylic acids is 1. The monoisotopic (exact) mass is 429 g/mol. The van der Waals surface area contributed by atoms with Crippen molar-refractivity contribution >= 4 is 26.9 Å². The zero-order valence-electron chi connectivity index (χ0n) is 16.5. The van der Waals surface area contributed by atoms with Crippen LogP contribution in [-0.2, 0) is 14.8 Å². The van der Waals surface area contributed by atoms with Crippen LogP contribution < -0.4 is 4.74 Å². The Morgan fingerprint density at radius 2 is 1.73 bits per heavy atom. The van der Waals surface area contributed by atoms with Gasteiger partial charge < -0.3 is 14.8 Å². The first-order chi connectivity index (χ1) is 14.4. The Balaban J connectivity index is 1.53. The molecule has 8 nitrogen and oxygen atoms in total. The number of sulfonamides is 1. The average molecular weight is 429 g/mol. The van der Waals surface area contributed by atoms with Gasteiger partial charge in [0.25, 0.3) is 0 Å². The molecule has 2 aromatic carbocycles. The maximum atomic E-state index is 12.9. The van der Waals surface area contributed by atoms with Crippen molar-refractivity contribution in [1.29, 1.82) is 0 Å². The van der Waals surface area contributed by atoms with Crippen LogP contribution in [-0.4, -0.2) is 67.0 Å². The summed E-state index contributed by atoms with van der Waals surface area (Å²) >= 11 is 0.